The smallest absolute Gasteiger partial charge is 0.263 e. The Morgan fingerprint density at radius 2 is 1.84 bits per heavy atom. The number of aromatic nitrogens is 3. The van der Waals surface area contributed by atoms with Crippen LogP contribution >= 0.6 is 11.3 Å². The van der Waals surface area contributed by atoms with Crippen LogP contribution in [0.5, 0.6) is 0 Å². The third kappa shape index (κ3) is 4.03. The van der Waals surface area contributed by atoms with E-state index in [9.17, 15) is 13.6 Å². The molecule has 1 aromatic carbocycles. The lowest BCUT2D eigenvalue weighted by Crippen LogP contribution is -2.23. The van der Waals surface area contributed by atoms with Crippen LogP contribution in [0.15, 0.2) is 36.7 Å². The summed E-state index contributed by atoms with van der Waals surface area (Å²) in [5.74, 6) is -1.26. The molecule has 0 atom stereocenters. The third-order valence-corrected chi connectivity index (χ3v) is 4.46. The Morgan fingerprint density at radius 1 is 1.16 bits per heavy atom. The second-order valence-electron chi connectivity index (χ2n) is 5.18. The van der Waals surface area contributed by atoms with Crippen LogP contribution in [-0.4, -0.2) is 20.9 Å². The van der Waals surface area contributed by atoms with Gasteiger partial charge >= 0.3 is 0 Å². The molecule has 0 aliphatic rings. The van der Waals surface area contributed by atoms with Crippen molar-refractivity contribution in [3.05, 3.63) is 64.4 Å². The van der Waals surface area contributed by atoms with Crippen LogP contribution < -0.4 is 5.32 Å². The molecule has 128 valence electrons. The molecule has 25 heavy (non-hydrogen) atoms. The minimum absolute atomic E-state index is 0.0196. The fraction of sp³-hybridized carbons (Fsp3) is 0.176. The van der Waals surface area contributed by atoms with Gasteiger partial charge in [-0.05, 0) is 30.2 Å². The minimum atomic E-state index is -0.681. The first kappa shape index (κ1) is 17.1. The van der Waals surface area contributed by atoms with E-state index in [2.05, 4.69) is 20.3 Å². The van der Waals surface area contributed by atoms with Crippen molar-refractivity contribution in [2.75, 3.05) is 0 Å². The standard InChI is InChI=1S/C17H14F2N4OS/c1-2-13-14(25-17(23-13)15-20-4-3-5-21-15)16(24)22-9-10-6-11(18)8-12(19)7-10/h3-8H,2,9H2,1H3,(H,22,24). The summed E-state index contributed by atoms with van der Waals surface area (Å²) in [5.41, 5.74) is 0.982. The highest BCUT2D eigenvalue weighted by Crippen LogP contribution is 2.26. The van der Waals surface area contributed by atoms with Gasteiger partial charge in [0.1, 0.15) is 16.5 Å². The lowest BCUT2D eigenvalue weighted by molar-refractivity contribution is 0.0953. The summed E-state index contributed by atoms with van der Waals surface area (Å²) in [6, 6.07) is 4.85. The van der Waals surface area contributed by atoms with E-state index in [0.29, 0.717) is 33.4 Å². The van der Waals surface area contributed by atoms with Crippen LogP contribution in [0.4, 0.5) is 8.78 Å². The van der Waals surface area contributed by atoms with Crippen LogP contribution in [0.2, 0.25) is 0 Å². The molecule has 0 saturated heterocycles. The molecule has 0 aliphatic heterocycles. The second kappa shape index (κ2) is 7.43. The molecular weight excluding hydrogens is 346 g/mol. The van der Waals surface area contributed by atoms with Crippen molar-refractivity contribution in [1.82, 2.24) is 20.3 Å². The highest BCUT2D eigenvalue weighted by atomic mass is 32.1. The second-order valence-corrected chi connectivity index (χ2v) is 6.18. The lowest BCUT2D eigenvalue weighted by Gasteiger charge is -2.05. The molecule has 3 rings (SSSR count). The first-order valence-electron chi connectivity index (χ1n) is 7.57. The van der Waals surface area contributed by atoms with Crippen LogP contribution in [0.25, 0.3) is 10.8 Å². The van der Waals surface area contributed by atoms with Gasteiger partial charge in [-0.1, -0.05) is 6.92 Å². The van der Waals surface area contributed by atoms with Crippen molar-refractivity contribution in [1.29, 1.82) is 0 Å². The number of carbonyl (C=O) groups is 1. The quantitative estimate of drug-likeness (QED) is 0.757. The van der Waals surface area contributed by atoms with Gasteiger partial charge in [-0.15, -0.1) is 11.3 Å². The number of benzene rings is 1. The summed E-state index contributed by atoms with van der Waals surface area (Å²) < 4.78 is 26.4. The molecule has 3 aromatic rings. The number of nitrogens with one attached hydrogen (secondary N) is 1. The number of hydrogen-bond acceptors (Lipinski definition) is 5. The van der Waals surface area contributed by atoms with Gasteiger partial charge in [0, 0.05) is 25.0 Å². The number of hydrogen-bond donors (Lipinski definition) is 1. The Labute approximate surface area is 146 Å². The molecule has 0 saturated carbocycles. The van der Waals surface area contributed by atoms with E-state index >= 15 is 0 Å². The van der Waals surface area contributed by atoms with Crippen LogP contribution in [0.3, 0.4) is 0 Å². The van der Waals surface area contributed by atoms with Crippen molar-refractivity contribution in [2.45, 2.75) is 19.9 Å². The molecule has 2 heterocycles. The number of amides is 1. The molecule has 8 heteroatoms. The van der Waals surface area contributed by atoms with Crippen molar-refractivity contribution < 1.29 is 13.6 Å². The van der Waals surface area contributed by atoms with E-state index in [1.54, 1.807) is 18.5 Å². The minimum Gasteiger partial charge on any atom is -0.347 e. The predicted molar refractivity (Wildman–Crippen MR) is 90.0 cm³/mol. The molecular formula is C17H14F2N4OS. The van der Waals surface area contributed by atoms with Crippen molar-refractivity contribution >= 4 is 17.2 Å². The van der Waals surface area contributed by atoms with E-state index in [1.807, 2.05) is 6.92 Å². The number of nitrogens with zero attached hydrogens (tertiary/aromatic N) is 3. The molecule has 2 aromatic heterocycles. The molecule has 5 nitrogen and oxygen atoms in total. The molecule has 1 amide bonds. The van der Waals surface area contributed by atoms with Gasteiger partial charge < -0.3 is 5.32 Å². The highest BCUT2D eigenvalue weighted by molar-refractivity contribution is 7.17. The summed E-state index contributed by atoms with van der Waals surface area (Å²) >= 11 is 1.19. The molecule has 0 spiro atoms. The summed E-state index contributed by atoms with van der Waals surface area (Å²) in [7, 11) is 0. The summed E-state index contributed by atoms with van der Waals surface area (Å²) in [6.45, 7) is 1.91. The number of carbonyl (C=O) groups excluding carboxylic acids is 1. The van der Waals surface area contributed by atoms with E-state index in [0.717, 1.165) is 6.07 Å². The Hall–Kier alpha value is -2.74. The fourth-order valence-electron chi connectivity index (χ4n) is 2.25. The van der Waals surface area contributed by atoms with Gasteiger partial charge in [-0.2, -0.15) is 0 Å². The Balaban J connectivity index is 1.78. The normalized spacial score (nSPS) is 10.7. The van der Waals surface area contributed by atoms with Gasteiger partial charge in [-0.25, -0.2) is 23.7 Å². The van der Waals surface area contributed by atoms with E-state index in [-0.39, 0.29) is 12.5 Å². The lowest BCUT2D eigenvalue weighted by atomic mass is 10.2. The number of aryl methyl sites for hydroxylation is 1. The Bertz CT molecular complexity index is 879. The fourth-order valence-corrected chi connectivity index (χ4v) is 3.27. The summed E-state index contributed by atoms with van der Waals surface area (Å²) in [5, 5.41) is 3.22. The molecule has 0 unspecified atom stereocenters. The van der Waals surface area contributed by atoms with Crippen LogP contribution in [-0.2, 0) is 13.0 Å². The Morgan fingerprint density at radius 3 is 2.48 bits per heavy atom. The topological polar surface area (TPSA) is 67.8 Å². The van der Waals surface area contributed by atoms with Gasteiger partial charge in [0.2, 0.25) is 0 Å². The van der Waals surface area contributed by atoms with Crippen molar-refractivity contribution in [2.24, 2.45) is 0 Å². The molecule has 0 radical (unpaired) electrons. The number of thiazole rings is 1. The molecule has 0 aliphatic carbocycles. The summed E-state index contributed by atoms with van der Waals surface area (Å²) in [6.07, 6.45) is 3.78. The first-order chi connectivity index (χ1) is 12.1. The zero-order valence-corrected chi connectivity index (χ0v) is 14.1. The SMILES string of the molecule is CCc1nc(-c2ncccn2)sc1C(=O)NCc1cc(F)cc(F)c1. The zero-order chi connectivity index (χ0) is 17.8. The van der Waals surface area contributed by atoms with Gasteiger partial charge in [0.25, 0.3) is 5.91 Å². The van der Waals surface area contributed by atoms with E-state index < -0.39 is 11.6 Å². The maximum Gasteiger partial charge on any atom is 0.263 e. The summed E-state index contributed by atoms with van der Waals surface area (Å²) in [4.78, 5) is 25.6. The number of halogens is 2. The zero-order valence-electron chi connectivity index (χ0n) is 13.3. The highest BCUT2D eigenvalue weighted by Gasteiger charge is 2.19. The molecule has 0 bridgehead atoms. The van der Waals surface area contributed by atoms with Crippen molar-refractivity contribution in [3.63, 3.8) is 0 Å². The average molecular weight is 360 g/mol. The third-order valence-electron chi connectivity index (χ3n) is 3.37. The maximum absolute atomic E-state index is 13.2. The van der Waals surface area contributed by atoms with Gasteiger partial charge in [-0.3, -0.25) is 4.79 Å². The largest absolute Gasteiger partial charge is 0.347 e. The number of rotatable bonds is 5. The first-order valence-corrected chi connectivity index (χ1v) is 8.38. The predicted octanol–water partition coefficient (Wildman–Crippen LogP) is 3.37. The van der Waals surface area contributed by atoms with Crippen molar-refractivity contribution in [3.8, 4) is 10.8 Å². The Kier molecular flexibility index (Phi) is 5.08. The van der Waals surface area contributed by atoms with Gasteiger partial charge in [0.05, 0.1) is 5.69 Å². The average Bonchev–Trinajstić information content (AvgIpc) is 3.04. The van der Waals surface area contributed by atoms with E-state index in [4.69, 9.17) is 0 Å². The molecule has 0 fully saturated rings. The molecule has 1 N–H and O–H groups in total. The maximum atomic E-state index is 13.2. The van der Waals surface area contributed by atoms with Gasteiger partial charge in [0.15, 0.2) is 10.8 Å². The van der Waals surface area contributed by atoms with Crippen LogP contribution in [0.1, 0.15) is 27.9 Å². The van der Waals surface area contributed by atoms with E-state index in [1.165, 1.54) is 23.5 Å². The van der Waals surface area contributed by atoms with Crippen LogP contribution in [0, 0.1) is 11.6 Å². The monoisotopic (exact) mass is 360 g/mol.